The second-order valence-electron chi connectivity index (χ2n) is 6.23. The Hall–Kier alpha value is -0.830. The van der Waals surface area contributed by atoms with E-state index in [1.54, 1.807) is 6.07 Å². The van der Waals surface area contributed by atoms with Crippen molar-refractivity contribution in [2.45, 2.75) is 53.1 Å². The lowest BCUT2D eigenvalue weighted by Gasteiger charge is -2.38. The van der Waals surface area contributed by atoms with Crippen LogP contribution in [0, 0.1) is 18.3 Å². The molecule has 3 nitrogen and oxygen atoms in total. The van der Waals surface area contributed by atoms with Crippen LogP contribution in [-0.2, 0) is 0 Å². The van der Waals surface area contributed by atoms with Gasteiger partial charge >= 0.3 is 0 Å². The number of nitrogens with zero attached hydrogens (tertiary/aromatic N) is 2. The average molecular weight is 269 g/mol. The lowest BCUT2D eigenvalue weighted by molar-refractivity contribution is 0.0531. The lowest BCUT2D eigenvalue weighted by atomic mass is 9.71. The molecule has 0 N–H and O–H groups in total. The first-order chi connectivity index (χ1) is 8.34. The summed E-state index contributed by atoms with van der Waals surface area (Å²) in [7, 11) is 0. The monoisotopic (exact) mass is 268 g/mol. The summed E-state index contributed by atoms with van der Waals surface area (Å²) in [5.74, 6) is 1.94. The highest BCUT2D eigenvalue weighted by molar-refractivity contribution is 6.29. The third-order valence-corrected chi connectivity index (χ3v) is 3.61. The van der Waals surface area contributed by atoms with Gasteiger partial charge in [-0.25, -0.2) is 4.98 Å². The highest BCUT2D eigenvalue weighted by Crippen LogP contribution is 2.39. The largest absolute Gasteiger partial charge is 0.474 e. The van der Waals surface area contributed by atoms with Gasteiger partial charge < -0.3 is 4.74 Å². The third kappa shape index (κ3) is 3.58. The Balaban J connectivity index is 2.08. The maximum absolute atomic E-state index is 5.99. The van der Waals surface area contributed by atoms with Gasteiger partial charge in [-0.2, -0.15) is 4.98 Å². The predicted octanol–water partition coefficient (Wildman–Crippen LogP) is 4.03. The zero-order chi connectivity index (χ0) is 13.3. The summed E-state index contributed by atoms with van der Waals surface area (Å²) in [4.78, 5) is 8.33. The molecule has 1 aliphatic carbocycles. The summed E-state index contributed by atoms with van der Waals surface area (Å²) >= 11 is 5.92. The van der Waals surface area contributed by atoms with Crippen LogP contribution < -0.4 is 4.74 Å². The van der Waals surface area contributed by atoms with E-state index in [1.165, 1.54) is 6.42 Å². The van der Waals surface area contributed by atoms with Gasteiger partial charge in [0.05, 0.1) is 0 Å². The summed E-state index contributed by atoms with van der Waals surface area (Å²) in [6.07, 6.45) is 3.65. The van der Waals surface area contributed by atoms with Gasteiger partial charge in [0.1, 0.15) is 17.1 Å². The smallest absolute Gasteiger partial charge is 0.218 e. The summed E-state index contributed by atoms with van der Waals surface area (Å²) in [5, 5.41) is 0.445. The molecule has 1 aromatic rings. The molecule has 1 heterocycles. The van der Waals surface area contributed by atoms with Gasteiger partial charge in [-0.3, -0.25) is 0 Å². The van der Waals surface area contributed by atoms with E-state index in [2.05, 4.69) is 30.7 Å². The van der Waals surface area contributed by atoms with Crippen LogP contribution in [-0.4, -0.2) is 16.1 Å². The molecule has 100 valence electrons. The fourth-order valence-electron chi connectivity index (χ4n) is 3.08. The Kier molecular flexibility index (Phi) is 3.81. The highest BCUT2D eigenvalue weighted by Gasteiger charge is 2.33. The number of halogens is 1. The minimum Gasteiger partial charge on any atom is -0.474 e. The lowest BCUT2D eigenvalue weighted by Crippen LogP contribution is -2.34. The molecular formula is C14H21ClN2O. The SMILES string of the molecule is Cc1nc(Cl)cc(OC2CC(C)CC(C)(C)C2)n1. The molecule has 1 aliphatic rings. The van der Waals surface area contributed by atoms with Gasteiger partial charge in [0.2, 0.25) is 5.88 Å². The Labute approximate surface area is 114 Å². The maximum atomic E-state index is 5.99. The Morgan fingerprint density at radius 1 is 1.33 bits per heavy atom. The van der Waals surface area contributed by atoms with Crippen molar-refractivity contribution in [1.82, 2.24) is 9.97 Å². The zero-order valence-electron chi connectivity index (χ0n) is 11.5. The van der Waals surface area contributed by atoms with Gasteiger partial charge in [0.25, 0.3) is 0 Å². The molecule has 0 radical (unpaired) electrons. The van der Waals surface area contributed by atoms with Crippen molar-refractivity contribution in [2.24, 2.45) is 11.3 Å². The topological polar surface area (TPSA) is 35.0 Å². The van der Waals surface area contributed by atoms with Crippen LogP contribution in [0.25, 0.3) is 0 Å². The minimum absolute atomic E-state index is 0.231. The molecule has 1 fully saturated rings. The molecule has 0 amide bonds. The molecule has 0 spiro atoms. The maximum Gasteiger partial charge on any atom is 0.218 e. The first kappa shape index (κ1) is 13.6. The van der Waals surface area contributed by atoms with Gasteiger partial charge in [0.15, 0.2) is 0 Å². The molecule has 0 saturated heterocycles. The summed E-state index contributed by atoms with van der Waals surface area (Å²) in [6, 6.07) is 1.70. The van der Waals surface area contributed by atoms with E-state index in [1.807, 2.05) is 6.92 Å². The second kappa shape index (κ2) is 5.04. The zero-order valence-corrected chi connectivity index (χ0v) is 12.3. The number of rotatable bonds is 2. The van der Waals surface area contributed by atoms with Crippen molar-refractivity contribution in [3.05, 3.63) is 17.0 Å². The van der Waals surface area contributed by atoms with Crippen LogP contribution in [0.2, 0.25) is 5.15 Å². The molecule has 2 unspecified atom stereocenters. The average Bonchev–Trinajstić information content (AvgIpc) is 2.10. The predicted molar refractivity (Wildman–Crippen MR) is 73.0 cm³/mol. The van der Waals surface area contributed by atoms with Crippen molar-refractivity contribution in [2.75, 3.05) is 0 Å². The van der Waals surface area contributed by atoms with Crippen LogP contribution >= 0.6 is 11.6 Å². The number of aryl methyl sites for hydroxylation is 1. The molecule has 18 heavy (non-hydrogen) atoms. The summed E-state index contributed by atoms with van der Waals surface area (Å²) < 4.78 is 5.99. The minimum atomic E-state index is 0.231. The molecule has 0 bridgehead atoms. The number of aromatic nitrogens is 2. The number of hydrogen-bond acceptors (Lipinski definition) is 3. The molecule has 0 aliphatic heterocycles. The van der Waals surface area contributed by atoms with E-state index in [0.717, 1.165) is 12.8 Å². The van der Waals surface area contributed by atoms with Crippen molar-refractivity contribution >= 4 is 11.6 Å². The van der Waals surface area contributed by atoms with Crippen molar-refractivity contribution in [3.8, 4) is 5.88 Å². The van der Waals surface area contributed by atoms with Crippen molar-refractivity contribution in [3.63, 3.8) is 0 Å². The fraction of sp³-hybridized carbons (Fsp3) is 0.714. The highest BCUT2D eigenvalue weighted by atomic mass is 35.5. The summed E-state index contributed by atoms with van der Waals surface area (Å²) in [5.41, 5.74) is 0.341. The second-order valence-corrected chi connectivity index (χ2v) is 6.62. The first-order valence-electron chi connectivity index (χ1n) is 6.52. The number of hydrogen-bond donors (Lipinski definition) is 0. The fourth-order valence-corrected chi connectivity index (χ4v) is 3.30. The van der Waals surface area contributed by atoms with Crippen LogP contribution in [0.1, 0.15) is 45.9 Å². The van der Waals surface area contributed by atoms with E-state index >= 15 is 0 Å². The van der Waals surface area contributed by atoms with Crippen LogP contribution in [0.15, 0.2) is 6.07 Å². The van der Waals surface area contributed by atoms with Crippen molar-refractivity contribution < 1.29 is 4.74 Å². The molecular weight excluding hydrogens is 248 g/mol. The Morgan fingerprint density at radius 3 is 2.67 bits per heavy atom. The van der Waals surface area contributed by atoms with Gasteiger partial charge in [-0.1, -0.05) is 32.4 Å². The molecule has 1 aromatic heterocycles. The number of ether oxygens (including phenoxy) is 1. The van der Waals surface area contributed by atoms with E-state index in [4.69, 9.17) is 16.3 Å². The quantitative estimate of drug-likeness (QED) is 0.760. The van der Waals surface area contributed by atoms with E-state index < -0.39 is 0 Å². The van der Waals surface area contributed by atoms with Crippen LogP contribution in [0.5, 0.6) is 5.88 Å². The normalized spacial score (nSPS) is 26.9. The molecule has 2 atom stereocenters. The standard InChI is InChI=1S/C14H21ClN2O/c1-9-5-11(8-14(3,4)7-9)18-13-6-12(15)16-10(2)17-13/h6,9,11H,5,7-8H2,1-4H3. The van der Waals surface area contributed by atoms with Gasteiger partial charge in [-0.05, 0) is 37.5 Å². The van der Waals surface area contributed by atoms with Crippen molar-refractivity contribution in [1.29, 1.82) is 0 Å². The summed E-state index contributed by atoms with van der Waals surface area (Å²) in [6.45, 7) is 8.72. The first-order valence-corrected chi connectivity index (χ1v) is 6.90. The Morgan fingerprint density at radius 2 is 2.06 bits per heavy atom. The molecule has 0 aromatic carbocycles. The van der Waals surface area contributed by atoms with E-state index in [0.29, 0.717) is 28.2 Å². The van der Waals surface area contributed by atoms with Crippen LogP contribution in [0.4, 0.5) is 0 Å². The third-order valence-electron chi connectivity index (χ3n) is 3.42. The Bertz CT molecular complexity index is 414. The van der Waals surface area contributed by atoms with Gasteiger partial charge in [-0.15, -0.1) is 0 Å². The molecule has 4 heteroatoms. The van der Waals surface area contributed by atoms with E-state index in [-0.39, 0.29) is 6.10 Å². The van der Waals surface area contributed by atoms with Gasteiger partial charge in [0, 0.05) is 6.07 Å². The molecule has 2 rings (SSSR count). The molecule has 1 saturated carbocycles. The van der Waals surface area contributed by atoms with E-state index in [9.17, 15) is 0 Å². The van der Waals surface area contributed by atoms with Crippen LogP contribution in [0.3, 0.4) is 0 Å².